The monoisotopic (exact) mass is 315 g/mol. The van der Waals surface area contributed by atoms with Crippen LogP contribution in [0, 0.1) is 0 Å². The molecule has 6 nitrogen and oxygen atoms in total. The lowest BCUT2D eigenvalue weighted by molar-refractivity contribution is 0.101. The molecule has 1 N–H and O–H groups in total. The van der Waals surface area contributed by atoms with E-state index in [1.54, 1.807) is 16.8 Å². The summed E-state index contributed by atoms with van der Waals surface area (Å²) in [4.78, 5) is 24.2. The molecule has 1 aliphatic rings. The Balaban J connectivity index is 1.81. The maximum Gasteiger partial charge on any atom is 0.278 e. The highest BCUT2D eigenvalue weighted by Gasteiger charge is 2.23. The van der Waals surface area contributed by atoms with Gasteiger partial charge >= 0.3 is 0 Å². The van der Waals surface area contributed by atoms with Gasteiger partial charge in [-0.2, -0.15) is 0 Å². The van der Waals surface area contributed by atoms with Crippen LogP contribution in [0.15, 0.2) is 27.6 Å². The van der Waals surface area contributed by atoms with Gasteiger partial charge in [-0.1, -0.05) is 18.5 Å². The zero-order valence-electron chi connectivity index (χ0n) is 13.3. The molecule has 1 aliphatic carbocycles. The van der Waals surface area contributed by atoms with Gasteiger partial charge < -0.3 is 14.4 Å². The molecule has 0 saturated carbocycles. The molecule has 0 aliphatic heterocycles. The molecular formula is C17H21N3O3. The number of pyridine rings is 1. The first-order chi connectivity index (χ1) is 11.2. The molecule has 122 valence electrons. The van der Waals surface area contributed by atoms with Crippen LogP contribution in [0.5, 0.6) is 0 Å². The van der Waals surface area contributed by atoms with E-state index < -0.39 is 0 Å². The summed E-state index contributed by atoms with van der Waals surface area (Å²) in [7, 11) is 0. The lowest BCUT2D eigenvalue weighted by atomic mass is 10.1. The number of hydrogen-bond donors (Lipinski definition) is 1. The fraction of sp³-hybridized carbons (Fsp3) is 0.471. The summed E-state index contributed by atoms with van der Waals surface area (Å²) in [6.07, 6.45) is 7.47. The highest BCUT2D eigenvalue weighted by molar-refractivity contribution is 6.03. The number of carbonyl (C=O) groups is 1. The second-order valence-electron chi connectivity index (χ2n) is 5.90. The van der Waals surface area contributed by atoms with Crippen LogP contribution in [-0.4, -0.2) is 15.6 Å². The van der Waals surface area contributed by atoms with Crippen LogP contribution in [0.4, 0.5) is 5.69 Å². The van der Waals surface area contributed by atoms with Gasteiger partial charge in [0.25, 0.3) is 11.5 Å². The molecule has 2 heterocycles. The largest absolute Gasteiger partial charge is 0.360 e. The Hall–Kier alpha value is -2.37. The molecule has 0 bridgehead atoms. The van der Waals surface area contributed by atoms with Crippen molar-refractivity contribution in [3.05, 3.63) is 45.7 Å². The van der Waals surface area contributed by atoms with Crippen molar-refractivity contribution in [2.24, 2.45) is 0 Å². The first kappa shape index (κ1) is 15.5. The zero-order chi connectivity index (χ0) is 16.2. The van der Waals surface area contributed by atoms with Crippen molar-refractivity contribution in [2.45, 2.75) is 52.0 Å². The fourth-order valence-electron chi connectivity index (χ4n) is 2.95. The molecule has 23 heavy (non-hydrogen) atoms. The molecule has 2 aromatic heterocycles. The summed E-state index contributed by atoms with van der Waals surface area (Å²) in [6, 6.07) is 3.08. The average molecular weight is 315 g/mol. The molecule has 0 atom stereocenters. The smallest absolute Gasteiger partial charge is 0.278 e. The molecular weight excluding hydrogens is 294 g/mol. The third-order valence-electron chi connectivity index (χ3n) is 4.12. The van der Waals surface area contributed by atoms with Gasteiger partial charge in [-0.3, -0.25) is 9.59 Å². The Labute approximate surface area is 134 Å². The van der Waals surface area contributed by atoms with Crippen LogP contribution in [0.2, 0.25) is 0 Å². The quantitative estimate of drug-likeness (QED) is 0.880. The Morgan fingerprint density at radius 1 is 1.30 bits per heavy atom. The Morgan fingerprint density at radius 3 is 2.96 bits per heavy atom. The SMILES string of the molecule is CCCn1cc(NC(=O)c2noc3c2CCCCC3)ccc1=O. The van der Waals surface area contributed by atoms with Gasteiger partial charge in [0, 0.05) is 30.8 Å². The van der Waals surface area contributed by atoms with Gasteiger partial charge in [-0.25, -0.2) is 0 Å². The summed E-state index contributed by atoms with van der Waals surface area (Å²) >= 11 is 0. The van der Waals surface area contributed by atoms with E-state index in [1.807, 2.05) is 6.92 Å². The third-order valence-corrected chi connectivity index (χ3v) is 4.12. The van der Waals surface area contributed by atoms with Gasteiger partial charge in [0.05, 0.1) is 5.69 Å². The predicted molar refractivity (Wildman–Crippen MR) is 86.7 cm³/mol. The van der Waals surface area contributed by atoms with Crippen LogP contribution in [0.1, 0.15) is 54.4 Å². The second kappa shape index (κ2) is 6.81. The van der Waals surface area contributed by atoms with Gasteiger partial charge in [0.2, 0.25) is 0 Å². The number of amides is 1. The number of nitrogens with zero attached hydrogens (tertiary/aromatic N) is 2. The maximum atomic E-state index is 12.5. The molecule has 0 fully saturated rings. The summed E-state index contributed by atoms with van der Waals surface area (Å²) < 4.78 is 6.94. The molecule has 0 unspecified atom stereocenters. The minimum absolute atomic E-state index is 0.0693. The third kappa shape index (κ3) is 3.36. The van der Waals surface area contributed by atoms with E-state index in [-0.39, 0.29) is 11.5 Å². The first-order valence-electron chi connectivity index (χ1n) is 8.18. The van der Waals surface area contributed by atoms with Gasteiger partial charge in [0.15, 0.2) is 5.69 Å². The first-order valence-corrected chi connectivity index (χ1v) is 8.18. The zero-order valence-corrected chi connectivity index (χ0v) is 13.3. The Kier molecular flexibility index (Phi) is 4.60. The van der Waals surface area contributed by atoms with Crippen molar-refractivity contribution < 1.29 is 9.32 Å². The maximum absolute atomic E-state index is 12.5. The van der Waals surface area contributed by atoms with E-state index >= 15 is 0 Å². The summed E-state index contributed by atoms with van der Waals surface area (Å²) in [6.45, 7) is 2.63. The van der Waals surface area contributed by atoms with Crippen molar-refractivity contribution in [1.29, 1.82) is 0 Å². The molecule has 2 aromatic rings. The van der Waals surface area contributed by atoms with Crippen molar-refractivity contribution in [3.63, 3.8) is 0 Å². The van der Waals surface area contributed by atoms with Gasteiger partial charge in [-0.15, -0.1) is 0 Å². The molecule has 1 amide bonds. The number of anilines is 1. The molecule has 0 spiro atoms. The van der Waals surface area contributed by atoms with E-state index in [1.165, 1.54) is 6.07 Å². The minimum atomic E-state index is -0.279. The molecule has 0 aromatic carbocycles. The summed E-state index contributed by atoms with van der Waals surface area (Å²) in [5, 5.41) is 6.78. The Bertz CT molecular complexity index is 761. The van der Waals surface area contributed by atoms with E-state index in [0.29, 0.717) is 17.9 Å². The van der Waals surface area contributed by atoms with Crippen molar-refractivity contribution in [2.75, 3.05) is 5.32 Å². The van der Waals surface area contributed by atoms with Crippen molar-refractivity contribution in [1.82, 2.24) is 9.72 Å². The normalized spacial score (nSPS) is 14.1. The number of hydrogen-bond acceptors (Lipinski definition) is 4. The summed E-state index contributed by atoms with van der Waals surface area (Å²) in [5.74, 6) is 0.558. The van der Waals surface area contributed by atoms with Crippen LogP contribution in [-0.2, 0) is 19.4 Å². The van der Waals surface area contributed by atoms with Crippen LogP contribution >= 0.6 is 0 Å². The van der Waals surface area contributed by atoms with Crippen LogP contribution in [0.3, 0.4) is 0 Å². The van der Waals surface area contributed by atoms with E-state index in [2.05, 4.69) is 10.5 Å². The highest BCUT2D eigenvalue weighted by Crippen LogP contribution is 2.24. The summed E-state index contributed by atoms with van der Waals surface area (Å²) in [5.41, 5.74) is 1.82. The molecule has 0 saturated heterocycles. The van der Waals surface area contributed by atoms with Gasteiger partial charge in [0.1, 0.15) is 5.76 Å². The van der Waals surface area contributed by atoms with Crippen molar-refractivity contribution in [3.8, 4) is 0 Å². The molecule has 3 rings (SSSR count). The number of nitrogens with one attached hydrogen (secondary N) is 1. The second-order valence-corrected chi connectivity index (χ2v) is 5.90. The lowest BCUT2D eigenvalue weighted by Gasteiger charge is -2.08. The Morgan fingerprint density at radius 2 is 2.13 bits per heavy atom. The van der Waals surface area contributed by atoms with E-state index in [9.17, 15) is 9.59 Å². The van der Waals surface area contributed by atoms with Crippen LogP contribution < -0.4 is 10.9 Å². The van der Waals surface area contributed by atoms with E-state index in [4.69, 9.17) is 4.52 Å². The predicted octanol–water partition coefficient (Wildman–Crippen LogP) is 2.77. The molecule has 0 radical (unpaired) electrons. The van der Waals surface area contributed by atoms with Gasteiger partial charge in [-0.05, 0) is 31.7 Å². The number of rotatable bonds is 4. The number of aromatic nitrogens is 2. The fourth-order valence-corrected chi connectivity index (χ4v) is 2.95. The minimum Gasteiger partial charge on any atom is -0.360 e. The highest BCUT2D eigenvalue weighted by atomic mass is 16.5. The lowest BCUT2D eigenvalue weighted by Crippen LogP contribution is -2.21. The van der Waals surface area contributed by atoms with Crippen LogP contribution in [0.25, 0.3) is 0 Å². The standard InChI is InChI=1S/C17H21N3O3/c1-2-10-20-11-12(8-9-15(20)21)18-17(22)16-13-6-4-3-5-7-14(13)23-19-16/h8-9,11H,2-7,10H2,1H3,(H,18,22). The van der Waals surface area contributed by atoms with Crippen molar-refractivity contribution >= 4 is 11.6 Å². The molecule has 6 heteroatoms. The number of aryl methyl sites for hydroxylation is 2. The average Bonchev–Trinajstić information content (AvgIpc) is 2.80. The van der Waals surface area contributed by atoms with E-state index in [0.717, 1.165) is 49.8 Å². The number of fused-ring (bicyclic) bond motifs is 1. The topological polar surface area (TPSA) is 77.1 Å². The number of carbonyl (C=O) groups excluding carboxylic acids is 1.